The monoisotopic (exact) mass is 464 g/mol. The molecule has 0 aliphatic rings. The minimum Gasteiger partial charge on any atom is -0.487 e. The normalized spacial score (nSPS) is 10.9. The number of hydrogen-bond donors (Lipinski definition) is 0. The van der Waals surface area contributed by atoms with Gasteiger partial charge in [0.05, 0.1) is 0 Å². The van der Waals surface area contributed by atoms with Crippen LogP contribution in [0, 0.1) is 6.92 Å². The number of carbonyl (C=O) groups excluding carboxylic acids is 1. The standard InChI is InChI=1S/C25H25ClN4O3/c1-16-24(27-23(33-16)13-17-6-5-7-19(26)12-17)18-8-10-21(11-9-18)32-15-20-14-22(30(4)28-20)25(31)29(2)3/h5-12,14H,13,15H2,1-4H3. The van der Waals surface area contributed by atoms with E-state index in [0.29, 0.717) is 34.5 Å². The average Bonchev–Trinajstić information content (AvgIpc) is 3.33. The summed E-state index contributed by atoms with van der Waals surface area (Å²) >= 11 is 6.07. The van der Waals surface area contributed by atoms with E-state index >= 15 is 0 Å². The molecular weight excluding hydrogens is 440 g/mol. The molecule has 0 bridgehead atoms. The van der Waals surface area contributed by atoms with E-state index in [1.165, 1.54) is 4.90 Å². The Morgan fingerprint density at radius 2 is 1.91 bits per heavy atom. The number of carbonyl (C=O) groups is 1. The smallest absolute Gasteiger partial charge is 0.271 e. The topological polar surface area (TPSA) is 73.4 Å². The molecule has 33 heavy (non-hydrogen) atoms. The molecule has 0 radical (unpaired) electrons. The van der Waals surface area contributed by atoms with Gasteiger partial charge in [0.1, 0.15) is 35.2 Å². The third-order valence-electron chi connectivity index (χ3n) is 5.16. The molecule has 0 saturated heterocycles. The number of nitrogens with zero attached hydrogens (tertiary/aromatic N) is 4. The van der Waals surface area contributed by atoms with Crippen molar-refractivity contribution in [1.82, 2.24) is 19.7 Å². The molecule has 1 amide bonds. The van der Waals surface area contributed by atoms with E-state index in [-0.39, 0.29) is 12.5 Å². The highest BCUT2D eigenvalue weighted by molar-refractivity contribution is 6.30. The van der Waals surface area contributed by atoms with Crippen LogP contribution in [0.2, 0.25) is 5.02 Å². The summed E-state index contributed by atoms with van der Waals surface area (Å²) in [6, 6.07) is 17.1. The molecule has 8 heteroatoms. The molecule has 2 aromatic heterocycles. The molecule has 170 valence electrons. The zero-order valence-corrected chi connectivity index (χ0v) is 19.8. The second-order valence-electron chi connectivity index (χ2n) is 7.98. The molecule has 0 aliphatic heterocycles. The van der Waals surface area contributed by atoms with E-state index in [4.69, 9.17) is 20.8 Å². The Morgan fingerprint density at radius 1 is 1.15 bits per heavy atom. The molecule has 0 spiro atoms. The van der Waals surface area contributed by atoms with Crippen molar-refractivity contribution in [3.8, 4) is 17.0 Å². The van der Waals surface area contributed by atoms with E-state index in [1.807, 2.05) is 55.5 Å². The molecule has 2 heterocycles. The van der Waals surface area contributed by atoms with E-state index in [1.54, 1.807) is 31.9 Å². The number of rotatable bonds is 7. The Kier molecular flexibility index (Phi) is 6.51. The van der Waals surface area contributed by atoms with Crippen molar-refractivity contribution in [2.45, 2.75) is 20.0 Å². The second-order valence-corrected chi connectivity index (χ2v) is 8.41. The van der Waals surface area contributed by atoms with Crippen LogP contribution in [0.4, 0.5) is 0 Å². The van der Waals surface area contributed by atoms with Crippen LogP contribution in [-0.4, -0.2) is 39.7 Å². The lowest BCUT2D eigenvalue weighted by Gasteiger charge is -2.09. The van der Waals surface area contributed by atoms with E-state index in [2.05, 4.69) is 10.1 Å². The van der Waals surface area contributed by atoms with Gasteiger partial charge in [-0.2, -0.15) is 5.10 Å². The molecule has 0 unspecified atom stereocenters. The predicted molar refractivity (Wildman–Crippen MR) is 126 cm³/mol. The maximum absolute atomic E-state index is 12.2. The molecule has 0 aliphatic carbocycles. The first-order valence-corrected chi connectivity index (χ1v) is 10.9. The zero-order valence-electron chi connectivity index (χ0n) is 19.0. The first-order valence-electron chi connectivity index (χ1n) is 10.5. The van der Waals surface area contributed by atoms with Crippen molar-refractivity contribution in [2.75, 3.05) is 14.1 Å². The van der Waals surface area contributed by atoms with Crippen LogP contribution in [-0.2, 0) is 20.1 Å². The number of aryl methyl sites for hydroxylation is 2. The van der Waals surface area contributed by atoms with Gasteiger partial charge in [-0.05, 0) is 55.0 Å². The summed E-state index contributed by atoms with van der Waals surface area (Å²) in [6.45, 7) is 2.17. The molecule has 0 atom stereocenters. The summed E-state index contributed by atoms with van der Waals surface area (Å²) in [6.07, 6.45) is 0.574. The molecule has 0 saturated carbocycles. The number of oxazole rings is 1. The second kappa shape index (κ2) is 9.50. The van der Waals surface area contributed by atoms with Crippen LogP contribution in [0.3, 0.4) is 0 Å². The molecule has 0 N–H and O–H groups in total. The lowest BCUT2D eigenvalue weighted by molar-refractivity contribution is 0.0817. The van der Waals surface area contributed by atoms with Gasteiger partial charge in [0.15, 0.2) is 5.89 Å². The molecule has 4 rings (SSSR count). The molecular formula is C25H25ClN4O3. The van der Waals surface area contributed by atoms with Crippen molar-refractivity contribution in [3.63, 3.8) is 0 Å². The number of benzene rings is 2. The van der Waals surface area contributed by atoms with Gasteiger partial charge >= 0.3 is 0 Å². The summed E-state index contributed by atoms with van der Waals surface area (Å²) in [5, 5.41) is 5.05. The Labute approximate surface area is 197 Å². The average molecular weight is 465 g/mol. The van der Waals surface area contributed by atoms with Crippen LogP contribution in [0.15, 0.2) is 59.0 Å². The van der Waals surface area contributed by atoms with Gasteiger partial charge in [-0.25, -0.2) is 4.98 Å². The van der Waals surface area contributed by atoms with Crippen LogP contribution in [0.5, 0.6) is 5.75 Å². The fourth-order valence-corrected chi connectivity index (χ4v) is 3.72. The van der Waals surface area contributed by atoms with E-state index < -0.39 is 0 Å². The van der Waals surface area contributed by atoms with Crippen LogP contribution in [0.1, 0.15) is 33.4 Å². The number of amides is 1. The van der Waals surface area contributed by atoms with Crippen LogP contribution < -0.4 is 4.74 Å². The lowest BCUT2D eigenvalue weighted by atomic mass is 10.1. The zero-order chi connectivity index (χ0) is 23.5. The maximum Gasteiger partial charge on any atom is 0.271 e. The molecule has 2 aromatic carbocycles. The van der Waals surface area contributed by atoms with Crippen molar-refractivity contribution in [1.29, 1.82) is 0 Å². The minimum absolute atomic E-state index is 0.0988. The van der Waals surface area contributed by atoms with E-state index in [9.17, 15) is 4.79 Å². The van der Waals surface area contributed by atoms with Crippen molar-refractivity contribution < 1.29 is 13.9 Å². The van der Waals surface area contributed by atoms with Gasteiger partial charge < -0.3 is 14.1 Å². The van der Waals surface area contributed by atoms with Gasteiger partial charge in [-0.15, -0.1) is 0 Å². The summed E-state index contributed by atoms with van der Waals surface area (Å²) in [4.78, 5) is 18.4. The first-order chi connectivity index (χ1) is 15.8. The van der Waals surface area contributed by atoms with Gasteiger partial charge in [-0.1, -0.05) is 23.7 Å². The predicted octanol–water partition coefficient (Wildman–Crippen LogP) is 4.91. The van der Waals surface area contributed by atoms with Crippen molar-refractivity contribution >= 4 is 17.5 Å². The van der Waals surface area contributed by atoms with Crippen LogP contribution in [0.25, 0.3) is 11.3 Å². The third-order valence-corrected chi connectivity index (χ3v) is 5.39. The molecule has 0 fully saturated rings. The SMILES string of the molecule is Cc1oc(Cc2cccc(Cl)c2)nc1-c1ccc(OCc2cc(C(=O)N(C)C)n(C)n2)cc1. The number of hydrogen-bond acceptors (Lipinski definition) is 5. The van der Waals surface area contributed by atoms with Crippen molar-refractivity contribution in [2.24, 2.45) is 7.05 Å². The Balaban J connectivity index is 1.42. The van der Waals surface area contributed by atoms with Crippen molar-refractivity contribution in [3.05, 3.63) is 88.2 Å². The minimum atomic E-state index is -0.0988. The Morgan fingerprint density at radius 3 is 2.61 bits per heavy atom. The van der Waals surface area contributed by atoms with Crippen LogP contribution >= 0.6 is 11.6 Å². The fourth-order valence-electron chi connectivity index (χ4n) is 3.51. The highest BCUT2D eigenvalue weighted by Gasteiger charge is 2.16. The summed E-state index contributed by atoms with van der Waals surface area (Å²) in [5.74, 6) is 2.00. The summed E-state index contributed by atoms with van der Waals surface area (Å²) in [5.41, 5.74) is 3.99. The van der Waals surface area contributed by atoms with Gasteiger partial charge in [0.25, 0.3) is 5.91 Å². The maximum atomic E-state index is 12.2. The van der Waals surface area contributed by atoms with Gasteiger partial charge in [-0.3, -0.25) is 9.48 Å². The molecule has 7 nitrogen and oxygen atoms in total. The summed E-state index contributed by atoms with van der Waals surface area (Å²) in [7, 11) is 5.17. The largest absolute Gasteiger partial charge is 0.487 e. The Hall–Kier alpha value is -3.58. The lowest BCUT2D eigenvalue weighted by Crippen LogP contribution is -2.24. The number of aromatic nitrogens is 3. The fraction of sp³-hybridized carbons (Fsp3) is 0.240. The Bertz CT molecular complexity index is 1280. The van der Waals surface area contributed by atoms with E-state index in [0.717, 1.165) is 22.6 Å². The molecule has 4 aromatic rings. The van der Waals surface area contributed by atoms with Gasteiger partial charge in [0, 0.05) is 38.1 Å². The quantitative estimate of drug-likeness (QED) is 0.388. The highest BCUT2D eigenvalue weighted by atomic mass is 35.5. The third kappa shape index (κ3) is 5.26. The summed E-state index contributed by atoms with van der Waals surface area (Å²) < 4.78 is 13.3. The van der Waals surface area contributed by atoms with Gasteiger partial charge in [0.2, 0.25) is 0 Å². The first kappa shape index (κ1) is 22.6. The highest BCUT2D eigenvalue weighted by Crippen LogP contribution is 2.27. The number of halogens is 1. The number of ether oxygens (including phenoxy) is 1.